The molecule has 1 unspecified atom stereocenters. The van der Waals surface area contributed by atoms with Gasteiger partial charge in [-0.25, -0.2) is 8.78 Å². The largest absolute Gasteiger partial charge is 0.326 e. The second-order valence-electron chi connectivity index (χ2n) is 4.54. The van der Waals surface area contributed by atoms with E-state index in [1.165, 1.54) is 0 Å². The van der Waals surface area contributed by atoms with Crippen LogP contribution in [0.2, 0.25) is 0 Å². The molecule has 1 aromatic carbocycles. The predicted octanol–water partition coefficient (Wildman–Crippen LogP) is 2.86. The molecule has 2 rings (SSSR count). The van der Waals surface area contributed by atoms with Crippen molar-refractivity contribution in [3.8, 4) is 0 Å². The average molecular weight is 291 g/mol. The zero-order valence-corrected chi connectivity index (χ0v) is 11.2. The van der Waals surface area contributed by atoms with Crippen molar-refractivity contribution in [2.75, 3.05) is 11.9 Å². The number of amides is 1. The summed E-state index contributed by atoms with van der Waals surface area (Å²) in [4.78, 5) is 11.6. The predicted molar refractivity (Wildman–Crippen MR) is 72.5 cm³/mol. The van der Waals surface area contributed by atoms with Gasteiger partial charge in [-0.2, -0.15) is 0 Å². The topological polar surface area (TPSA) is 41.1 Å². The first-order valence-corrected chi connectivity index (χ1v) is 6.13. The molecule has 3 nitrogen and oxygen atoms in total. The maximum absolute atomic E-state index is 12.9. The number of carbonyl (C=O) groups excluding carboxylic acids is 1. The second kappa shape index (κ2) is 7.40. The van der Waals surface area contributed by atoms with Crippen molar-refractivity contribution in [2.45, 2.75) is 31.7 Å². The molecule has 1 heterocycles. The Labute approximate surface area is 117 Å². The summed E-state index contributed by atoms with van der Waals surface area (Å²) in [6, 6.07) is 3.38. The first kappa shape index (κ1) is 15.9. The fourth-order valence-electron chi connectivity index (χ4n) is 2.16. The fraction of sp³-hybridized carbons (Fsp3) is 0.462. The van der Waals surface area contributed by atoms with E-state index in [0.717, 1.165) is 44.0 Å². The molecule has 0 bridgehead atoms. The van der Waals surface area contributed by atoms with Gasteiger partial charge in [-0.1, -0.05) is 0 Å². The number of benzene rings is 1. The van der Waals surface area contributed by atoms with E-state index in [0.29, 0.717) is 12.5 Å². The van der Waals surface area contributed by atoms with Gasteiger partial charge in [0.2, 0.25) is 5.91 Å². The van der Waals surface area contributed by atoms with Gasteiger partial charge in [0.1, 0.15) is 11.6 Å². The number of nitrogens with one attached hydrogen (secondary N) is 2. The molecule has 1 aliphatic rings. The lowest BCUT2D eigenvalue weighted by atomic mass is 10.1. The molecule has 1 saturated heterocycles. The fourth-order valence-corrected chi connectivity index (χ4v) is 2.16. The van der Waals surface area contributed by atoms with Crippen LogP contribution in [0.4, 0.5) is 14.5 Å². The first-order chi connectivity index (χ1) is 8.63. The van der Waals surface area contributed by atoms with Gasteiger partial charge in [-0.05, 0) is 37.9 Å². The highest BCUT2D eigenvalue weighted by Gasteiger charge is 2.15. The summed E-state index contributed by atoms with van der Waals surface area (Å²) in [5, 5.41) is 5.79. The van der Waals surface area contributed by atoms with Gasteiger partial charge in [-0.3, -0.25) is 4.79 Å². The lowest BCUT2D eigenvalue weighted by Crippen LogP contribution is -2.23. The number of rotatable bonds is 4. The highest BCUT2D eigenvalue weighted by atomic mass is 35.5. The maximum atomic E-state index is 12.9. The third kappa shape index (κ3) is 5.12. The highest BCUT2D eigenvalue weighted by molar-refractivity contribution is 5.90. The molecule has 0 saturated carbocycles. The Morgan fingerprint density at radius 2 is 2.00 bits per heavy atom. The summed E-state index contributed by atoms with van der Waals surface area (Å²) in [5.41, 5.74) is 0.164. The Morgan fingerprint density at radius 1 is 1.32 bits per heavy atom. The Balaban J connectivity index is 0.00000180. The molecular weight excluding hydrogens is 274 g/mol. The third-order valence-corrected chi connectivity index (χ3v) is 3.03. The molecule has 1 fully saturated rings. The number of halogens is 3. The lowest BCUT2D eigenvalue weighted by molar-refractivity contribution is -0.116. The van der Waals surface area contributed by atoms with Crippen LogP contribution in [-0.2, 0) is 4.79 Å². The van der Waals surface area contributed by atoms with Gasteiger partial charge in [0.25, 0.3) is 0 Å². The summed E-state index contributed by atoms with van der Waals surface area (Å²) in [7, 11) is 0. The molecule has 0 radical (unpaired) electrons. The monoisotopic (exact) mass is 290 g/mol. The van der Waals surface area contributed by atoms with Gasteiger partial charge in [0.15, 0.2) is 0 Å². The van der Waals surface area contributed by atoms with Crippen molar-refractivity contribution < 1.29 is 13.6 Å². The van der Waals surface area contributed by atoms with Gasteiger partial charge in [0.05, 0.1) is 0 Å². The second-order valence-corrected chi connectivity index (χ2v) is 4.54. The van der Waals surface area contributed by atoms with E-state index in [1.807, 2.05) is 0 Å². The number of carbonyl (C=O) groups is 1. The molecule has 0 spiro atoms. The number of anilines is 1. The SMILES string of the molecule is Cl.O=C(CCC1CCCN1)Nc1cc(F)cc(F)c1. The summed E-state index contributed by atoms with van der Waals surface area (Å²) >= 11 is 0. The van der Waals surface area contributed by atoms with E-state index < -0.39 is 11.6 Å². The minimum absolute atomic E-state index is 0. The minimum atomic E-state index is -0.692. The van der Waals surface area contributed by atoms with E-state index in [-0.39, 0.29) is 24.0 Å². The maximum Gasteiger partial charge on any atom is 0.224 e. The smallest absolute Gasteiger partial charge is 0.224 e. The van der Waals surface area contributed by atoms with Crippen LogP contribution in [0.15, 0.2) is 18.2 Å². The van der Waals surface area contributed by atoms with Crippen LogP contribution in [0, 0.1) is 11.6 Å². The van der Waals surface area contributed by atoms with Crippen LogP contribution in [0.3, 0.4) is 0 Å². The molecule has 6 heteroatoms. The molecular formula is C13H17ClF2N2O. The van der Waals surface area contributed by atoms with Crippen LogP contribution in [0.25, 0.3) is 0 Å². The number of hydrogen-bond acceptors (Lipinski definition) is 2. The zero-order chi connectivity index (χ0) is 13.0. The van der Waals surface area contributed by atoms with Crippen molar-refractivity contribution in [3.05, 3.63) is 29.8 Å². The van der Waals surface area contributed by atoms with Gasteiger partial charge in [0, 0.05) is 24.2 Å². The minimum Gasteiger partial charge on any atom is -0.326 e. The van der Waals surface area contributed by atoms with Gasteiger partial charge < -0.3 is 10.6 Å². The van der Waals surface area contributed by atoms with Gasteiger partial charge in [-0.15, -0.1) is 12.4 Å². The Kier molecular flexibility index (Phi) is 6.18. The van der Waals surface area contributed by atoms with Crippen molar-refractivity contribution in [3.63, 3.8) is 0 Å². The van der Waals surface area contributed by atoms with Crippen LogP contribution in [0.1, 0.15) is 25.7 Å². The molecule has 1 aliphatic heterocycles. The van der Waals surface area contributed by atoms with E-state index in [2.05, 4.69) is 10.6 Å². The van der Waals surface area contributed by atoms with E-state index in [4.69, 9.17) is 0 Å². The molecule has 1 atom stereocenters. The molecule has 19 heavy (non-hydrogen) atoms. The van der Waals surface area contributed by atoms with E-state index in [1.54, 1.807) is 0 Å². The molecule has 0 aliphatic carbocycles. The summed E-state index contributed by atoms with van der Waals surface area (Å²) < 4.78 is 25.8. The van der Waals surface area contributed by atoms with Crippen LogP contribution >= 0.6 is 12.4 Å². The first-order valence-electron chi connectivity index (χ1n) is 6.13. The van der Waals surface area contributed by atoms with Crippen LogP contribution in [0.5, 0.6) is 0 Å². The summed E-state index contributed by atoms with van der Waals surface area (Å²) in [6.07, 6.45) is 3.34. The van der Waals surface area contributed by atoms with Crippen molar-refractivity contribution in [1.82, 2.24) is 5.32 Å². The van der Waals surface area contributed by atoms with E-state index in [9.17, 15) is 13.6 Å². The Hall–Kier alpha value is -1.20. The third-order valence-electron chi connectivity index (χ3n) is 3.03. The molecule has 106 valence electrons. The van der Waals surface area contributed by atoms with Crippen LogP contribution < -0.4 is 10.6 Å². The van der Waals surface area contributed by atoms with Crippen molar-refractivity contribution in [1.29, 1.82) is 0 Å². The summed E-state index contributed by atoms with van der Waals surface area (Å²) in [6.45, 7) is 1.00. The Bertz CT molecular complexity index is 416. The Morgan fingerprint density at radius 3 is 2.58 bits per heavy atom. The van der Waals surface area contributed by atoms with Crippen LogP contribution in [-0.4, -0.2) is 18.5 Å². The summed E-state index contributed by atoms with van der Waals surface area (Å²) in [5.74, 6) is -1.60. The zero-order valence-electron chi connectivity index (χ0n) is 10.4. The van der Waals surface area contributed by atoms with Crippen molar-refractivity contribution >= 4 is 24.0 Å². The molecule has 0 aromatic heterocycles. The standard InChI is InChI=1S/C13H16F2N2O.ClH/c14-9-6-10(15)8-12(7-9)17-13(18)4-3-11-2-1-5-16-11;/h6-8,11,16H,1-5H2,(H,17,18);1H. The molecule has 1 aromatic rings. The molecule has 1 amide bonds. The molecule has 2 N–H and O–H groups in total. The number of hydrogen-bond donors (Lipinski definition) is 2. The quantitative estimate of drug-likeness (QED) is 0.895. The average Bonchev–Trinajstić information content (AvgIpc) is 2.77. The normalized spacial score (nSPS) is 17.9. The van der Waals surface area contributed by atoms with Gasteiger partial charge >= 0.3 is 0 Å². The highest BCUT2D eigenvalue weighted by Crippen LogP contribution is 2.15. The van der Waals surface area contributed by atoms with E-state index >= 15 is 0 Å². The van der Waals surface area contributed by atoms with Crippen molar-refractivity contribution in [2.24, 2.45) is 0 Å². The lowest BCUT2D eigenvalue weighted by Gasteiger charge is -2.10.